The molecule has 0 saturated carbocycles. The maximum Gasteiger partial charge on any atom is 0.243 e. The van der Waals surface area contributed by atoms with Crippen molar-refractivity contribution in [1.82, 2.24) is 4.31 Å². The number of aryl methyl sites for hydroxylation is 2. The highest BCUT2D eigenvalue weighted by atomic mass is 32.2. The van der Waals surface area contributed by atoms with E-state index < -0.39 is 10.0 Å². The molecule has 0 radical (unpaired) electrons. The van der Waals surface area contributed by atoms with E-state index in [0.717, 1.165) is 30.6 Å². The fourth-order valence-electron chi connectivity index (χ4n) is 4.69. The number of fused-ring (bicyclic) bond motifs is 1. The highest BCUT2D eigenvalue weighted by Gasteiger charge is 2.35. The Kier molecular flexibility index (Phi) is 6.22. The van der Waals surface area contributed by atoms with Gasteiger partial charge in [-0.25, -0.2) is 8.42 Å². The molecule has 31 heavy (non-hydrogen) atoms. The summed E-state index contributed by atoms with van der Waals surface area (Å²) in [5, 5.41) is 0. The topological polar surface area (TPSA) is 57.7 Å². The standard InChI is InChI=1S/C25H32N2O3S/c1-18(2)20-7-9-23(10-8-20)31(29,30)26-15-12-21(13-16-26)25(28)27-14-4-5-22-17-19(3)6-11-24(22)27/h6-11,17-18,21H,4-5,12-16H2,1-3H3. The van der Waals surface area contributed by atoms with E-state index in [2.05, 4.69) is 39.0 Å². The van der Waals surface area contributed by atoms with E-state index in [-0.39, 0.29) is 11.8 Å². The largest absolute Gasteiger partial charge is 0.312 e. The molecule has 2 heterocycles. The number of sulfonamides is 1. The summed E-state index contributed by atoms with van der Waals surface area (Å²) in [5.74, 6) is 0.382. The van der Waals surface area contributed by atoms with Gasteiger partial charge in [-0.1, -0.05) is 43.7 Å². The molecule has 2 aliphatic heterocycles. The van der Waals surface area contributed by atoms with Gasteiger partial charge in [0.1, 0.15) is 0 Å². The van der Waals surface area contributed by atoms with Crippen LogP contribution in [0.5, 0.6) is 0 Å². The van der Waals surface area contributed by atoms with Gasteiger partial charge in [0.25, 0.3) is 0 Å². The fraction of sp³-hybridized carbons (Fsp3) is 0.480. The first kappa shape index (κ1) is 22.0. The second kappa shape index (κ2) is 8.75. The van der Waals surface area contributed by atoms with Gasteiger partial charge in [-0.15, -0.1) is 0 Å². The van der Waals surface area contributed by atoms with Crippen molar-refractivity contribution in [2.24, 2.45) is 5.92 Å². The number of carbonyl (C=O) groups is 1. The number of nitrogens with zero attached hydrogens (tertiary/aromatic N) is 2. The van der Waals surface area contributed by atoms with E-state index in [1.54, 1.807) is 12.1 Å². The number of carbonyl (C=O) groups excluding carboxylic acids is 1. The lowest BCUT2D eigenvalue weighted by Crippen LogP contribution is -2.45. The zero-order valence-corrected chi connectivity index (χ0v) is 19.5. The summed E-state index contributed by atoms with van der Waals surface area (Å²) in [7, 11) is -3.52. The molecular weight excluding hydrogens is 408 g/mol. The van der Waals surface area contributed by atoms with Gasteiger partial charge in [0.15, 0.2) is 0 Å². The van der Waals surface area contributed by atoms with E-state index in [1.807, 2.05) is 17.0 Å². The average molecular weight is 441 g/mol. The zero-order chi connectivity index (χ0) is 22.2. The van der Waals surface area contributed by atoms with Crippen molar-refractivity contribution in [2.75, 3.05) is 24.5 Å². The molecule has 0 unspecified atom stereocenters. The summed E-state index contributed by atoms with van der Waals surface area (Å²) >= 11 is 0. The molecule has 1 fully saturated rings. The van der Waals surface area contributed by atoms with Crippen LogP contribution in [0, 0.1) is 12.8 Å². The summed E-state index contributed by atoms with van der Waals surface area (Å²) in [6.07, 6.45) is 3.12. The Morgan fingerprint density at radius 1 is 1.00 bits per heavy atom. The number of hydrogen-bond acceptors (Lipinski definition) is 3. The third kappa shape index (κ3) is 4.41. The number of benzene rings is 2. The van der Waals surface area contributed by atoms with Gasteiger partial charge in [0.2, 0.25) is 15.9 Å². The monoisotopic (exact) mass is 440 g/mol. The first-order valence-corrected chi connectivity index (χ1v) is 12.7. The highest BCUT2D eigenvalue weighted by Crippen LogP contribution is 2.32. The van der Waals surface area contributed by atoms with Crippen LogP contribution in [0.15, 0.2) is 47.4 Å². The van der Waals surface area contributed by atoms with Gasteiger partial charge < -0.3 is 4.90 Å². The number of piperidine rings is 1. The van der Waals surface area contributed by atoms with Crippen molar-refractivity contribution in [3.63, 3.8) is 0 Å². The predicted molar refractivity (Wildman–Crippen MR) is 124 cm³/mol. The fourth-order valence-corrected chi connectivity index (χ4v) is 6.16. The second-order valence-electron chi connectivity index (χ2n) is 9.13. The van der Waals surface area contributed by atoms with Crippen molar-refractivity contribution in [2.45, 2.75) is 57.3 Å². The molecule has 2 aromatic rings. The van der Waals surface area contributed by atoms with Gasteiger partial charge in [-0.2, -0.15) is 4.31 Å². The van der Waals surface area contributed by atoms with Crippen LogP contribution in [-0.2, 0) is 21.2 Å². The molecule has 166 valence electrons. The molecule has 2 aliphatic rings. The van der Waals surface area contributed by atoms with Crippen molar-refractivity contribution in [3.05, 3.63) is 59.2 Å². The molecule has 2 aromatic carbocycles. The van der Waals surface area contributed by atoms with Crippen LogP contribution >= 0.6 is 0 Å². The maximum atomic E-state index is 13.3. The normalized spacial score (nSPS) is 18.3. The van der Waals surface area contributed by atoms with Gasteiger partial charge in [0, 0.05) is 31.2 Å². The lowest BCUT2D eigenvalue weighted by Gasteiger charge is -2.36. The van der Waals surface area contributed by atoms with Gasteiger partial charge in [0.05, 0.1) is 4.90 Å². The lowest BCUT2D eigenvalue weighted by atomic mass is 9.93. The average Bonchev–Trinajstić information content (AvgIpc) is 2.78. The summed E-state index contributed by atoms with van der Waals surface area (Å²) in [4.78, 5) is 15.5. The van der Waals surface area contributed by atoms with Crippen molar-refractivity contribution in [3.8, 4) is 0 Å². The Morgan fingerprint density at radius 2 is 1.68 bits per heavy atom. The van der Waals surface area contributed by atoms with Crippen LogP contribution in [0.1, 0.15) is 55.7 Å². The molecule has 1 saturated heterocycles. The van der Waals surface area contributed by atoms with E-state index >= 15 is 0 Å². The quantitative estimate of drug-likeness (QED) is 0.703. The molecule has 0 atom stereocenters. The van der Waals surface area contributed by atoms with Gasteiger partial charge >= 0.3 is 0 Å². The first-order chi connectivity index (χ1) is 14.8. The smallest absolute Gasteiger partial charge is 0.243 e. The molecular formula is C25H32N2O3S. The molecule has 0 aliphatic carbocycles. The van der Waals surface area contributed by atoms with E-state index in [0.29, 0.717) is 36.7 Å². The number of anilines is 1. The molecule has 5 nitrogen and oxygen atoms in total. The van der Waals surface area contributed by atoms with Crippen molar-refractivity contribution in [1.29, 1.82) is 0 Å². The molecule has 0 aromatic heterocycles. The summed E-state index contributed by atoms with van der Waals surface area (Å²) in [5.41, 5.74) is 4.61. The Labute approximate surface area is 186 Å². The van der Waals surface area contributed by atoms with Gasteiger partial charge in [-0.3, -0.25) is 4.79 Å². The minimum absolute atomic E-state index is 0.123. The second-order valence-corrected chi connectivity index (χ2v) is 11.1. The molecule has 0 N–H and O–H groups in total. The minimum Gasteiger partial charge on any atom is -0.312 e. The number of rotatable bonds is 4. The highest BCUT2D eigenvalue weighted by molar-refractivity contribution is 7.89. The SMILES string of the molecule is Cc1ccc2c(c1)CCCN2C(=O)C1CCN(S(=O)(=O)c2ccc(C(C)C)cc2)CC1. The lowest BCUT2D eigenvalue weighted by molar-refractivity contribution is -0.123. The van der Waals surface area contributed by atoms with Crippen LogP contribution in [-0.4, -0.2) is 38.3 Å². The van der Waals surface area contributed by atoms with E-state index in [9.17, 15) is 13.2 Å². The third-order valence-corrected chi connectivity index (χ3v) is 8.52. The number of amides is 1. The Morgan fingerprint density at radius 3 is 2.32 bits per heavy atom. The maximum absolute atomic E-state index is 13.3. The molecule has 6 heteroatoms. The Balaban J connectivity index is 1.43. The summed E-state index contributed by atoms with van der Waals surface area (Å²) in [6, 6.07) is 13.5. The van der Waals surface area contributed by atoms with Crippen LogP contribution in [0.4, 0.5) is 5.69 Å². The van der Waals surface area contributed by atoms with Crippen molar-refractivity contribution < 1.29 is 13.2 Å². The Hall–Kier alpha value is -2.18. The summed E-state index contributed by atoms with van der Waals surface area (Å²) in [6.45, 7) is 7.78. The third-order valence-electron chi connectivity index (χ3n) is 6.61. The van der Waals surface area contributed by atoms with E-state index in [4.69, 9.17) is 0 Å². The molecule has 0 spiro atoms. The number of hydrogen-bond donors (Lipinski definition) is 0. The molecule has 1 amide bonds. The van der Waals surface area contributed by atoms with Crippen molar-refractivity contribution >= 4 is 21.6 Å². The Bertz CT molecular complexity index is 1050. The summed E-state index contributed by atoms with van der Waals surface area (Å²) < 4.78 is 27.7. The van der Waals surface area contributed by atoms with E-state index in [1.165, 1.54) is 15.4 Å². The van der Waals surface area contributed by atoms with Crippen LogP contribution in [0.25, 0.3) is 0 Å². The molecule has 4 rings (SSSR count). The van der Waals surface area contributed by atoms with Crippen LogP contribution in [0.2, 0.25) is 0 Å². The predicted octanol–water partition coefficient (Wildman–Crippen LogP) is 4.50. The van der Waals surface area contributed by atoms with Gasteiger partial charge in [-0.05, 0) is 67.9 Å². The van der Waals surface area contributed by atoms with Crippen LogP contribution in [0.3, 0.4) is 0 Å². The zero-order valence-electron chi connectivity index (χ0n) is 18.7. The van der Waals surface area contributed by atoms with Crippen LogP contribution < -0.4 is 4.90 Å². The minimum atomic E-state index is -3.52. The molecule has 0 bridgehead atoms. The first-order valence-electron chi connectivity index (χ1n) is 11.3.